The van der Waals surface area contributed by atoms with Crippen LogP contribution in [0.25, 0.3) is 0 Å². The Labute approximate surface area is 53.6 Å². The van der Waals surface area contributed by atoms with Crippen LogP contribution in [0.15, 0.2) is 11.9 Å². The summed E-state index contributed by atoms with van der Waals surface area (Å²) in [4.78, 5) is 16.4. The SMILES string of the molecule is C=C(C)[P+](=O)O.N=C=O. The maximum absolute atomic E-state index is 9.75. The Morgan fingerprint density at radius 1 is 1.89 bits per heavy atom. The summed E-state index contributed by atoms with van der Waals surface area (Å²) in [5.41, 5.74) is 0. The lowest BCUT2D eigenvalue weighted by Crippen LogP contribution is -1.54. The van der Waals surface area contributed by atoms with Crippen LogP contribution in [0.4, 0.5) is 0 Å². The van der Waals surface area contributed by atoms with E-state index in [2.05, 4.69) is 6.58 Å². The molecule has 0 aliphatic carbocycles. The van der Waals surface area contributed by atoms with Crippen molar-refractivity contribution in [1.29, 1.82) is 5.41 Å². The molecule has 0 aromatic carbocycles. The molecule has 0 saturated heterocycles. The van der Waals surface area contributed by atoms with Crippen molar-refractivity contribution in [3.05, 3.63) is 11.9 Å². The molecule has 4 nitrogen and oxygen atoms in total. The van der Waals surface area contributed by atoms with Gasteiger partial charge in [0.1, 0.15) is 0 Å². The van der Waals surface area contributed by atoms with E-state index < -0.39 is 8.03 Å². The zero-order valence-electron chi connectivity index (χ0n) is 4.92. The Bertz CT molecular complexity index is 136. The monoisotopic (exact) mass is 148 g/mol. The summed E-state index contributed by atoms with van der Waals surface area (Å²) < 4.78 is 9.75. The molecule has 0 bridgehead atoms. The second-order valence-corrected chi connectivity index (χ2v) is 2.42. The molecule has 0 spiro atoms. The first-order valence-electron chi connectivity index (χ1n) is 1.91. The maximum atomic E-state index is 9.75. The van der Waals surface area contributed by atoms with Gasteiger partial charge >= 0.3 is 8.03 Å². The van der Waals surface area contributed by atoms with E-state index in [4.69, 9.17) is 15.1 Å². The van der Waals surface area contributed by atoms with Crippen LogP contribution in [0.1, 0.15) is 6.92 Å². The van der Waals surface area contributed by atoms with Gasteiger partial charge in [-0.15, -0.1) is 0 Å². The molecule has 0 aromatic heterocycles. The first kappa shape index (κ1) is 11.0. The predicted octanol–water partition coefficient (Wildman–Crippen LogP) is 1.16. The molecule has 0 aliphatic rings. The summed E-state index contributed by atoms with van der Waals surface area (Å²) in [5.74, 6) is 0. The second kappa shape index (κ2) is 7.18. The Hall–Kier alpha value is -0.820. The summed E-state index contributed by atoms with van der Waals surface area (Å²) in [5, 5.41) is 5.73. The average molecular weight is 148 g/mol. The number of nitrogens with one attached hydrogen (secondary N) is 1. The molecule has 2 N–H and O–H groups in total. The van der Waals surface area contributed by atoms with Gasteiger partial charge in [0.15, 0.2) is 5.31 Å². The molecular formula is C4H7NO3P+. The van der Waals surface area contributed by atoms with Crippen molar-refractivity contribution in [2.24, 2.45) is 0 Å². The first-order valence-corrected chi connectivity index (χ1v) is 3.13. The third-order valence-electron chi connectivity index (χ3n) is 0.327. The fourth-order valence-corrected chi connectivity index (χ4v) is 0. The van der Waals surface area contributed by atoms with E-state index in [1.807, 2.05) is 0 Å². The number of hydrogen-bond acceptors (Lipinski definition) is 3. The van der Waals surface area contributed by atoms with E-state index in [1.165, 1.54) is 6.92 Å². The zero-order chi connectivity index (χ0) is 7.86. The first-order chi connectivity index (χ1) is 4.06. The van der Waals surface area contributed by atoms with Gasteiger partial charge in [0.25, 0.3) is 0 Å². The van der Waals surface area contributed by atoms with Crippen molar-refractivity contribution >= 4 is 14.1 Å². The highest BCUT2D eigenvalue weighted by Gasteiger charge is 2.08. The second-order valence-electron chi connectivity index (χ2n) is 1.11. The van der Waals surface area contributed by atoms with Crippen LogP contribution in [0.2, 0.25) is 0 Å². The number of hydrogen-bond donors (Lipinski definition) is 2. The van der Waals surface area contributed by atoms with Crippen LogP contribution in [-0.4, -0.2) is 11.0 Å². The van der Waals surface area contributed by atoms with Gasteiger partial charge in [0.2, 0.25) is 6.08 Å². The molecule has 0 aromatic rings. The van der Waals surface area contributed by atoms with Crippen molar-refractivity contribution in [2.75, 3.05) is 0 Å². The largest absolute Gasteiger partial charge is 0.540 e. The highest BCUT2D eigenvalue weighted by Crippen LogP contribution is 2.22. The van der Waals surface area contributed by atoms with Gasteiger partial charge in [-0.05, 0) is 11.1 Å². The summed E-state index contributed by atoms with van der Waals surface area (Å²) in [7, 11) is -2.10. The predicted molar refractivity (Wildman–Crippen MR) is 33.1 cm³/mol. The average Bonchev–Trinajstić information content (AvgIpc) is 1.68. The molecule has 0 radical (unpaired) electrons. The van der Waals surface area contributed by atoms with Crippen LogP contribution in [0.5, 0.6) is 0 Å². The summed E-state index contributed by atoms with van der Waals surface area (Å²) in [6.45, 7) is 4.73. The van der Waals surface area contributed by atoms with E-state index in [-0.39, 0.29) is 0 Å². The van der Waals surface area contributed by atoms with E-state index in [0.717, 1.165) is 6.08 Å². The fourth-order valence-electron chi connectivity index (χ4n) is 0. The van der Waals surface area contributed by atoms with E-state index in [1.54, 1.807) is 0 Å². The lowest BCUT2D eigenvalue weighted by molar-refractivity contribution is 0.510. The molecule has 0 fully saturated rings. The maximum Gasteiger partial charge on any atom is 0.540 e. The number of allylic oxidation sites excluding steroid dienone is 1. The van der Waals surface area contributed by atoms with E-state index in [0.29, 0.717) is 5.31 Å². The van der Waals surface area contributed by atoms with Crippen molar-refractivity contribution in [3.63, 3.8) is 0 Å². The molecular weight excluding hydrogens is 141 g/mol. The van der Waals surface area contributed by atoms with Crippen molar-refractivity contribution in [1.82, 2.24) is 0 Å². The molecule has 5 heteroatoms. The third kappa shape index (κ3) is 19.1. The Morgan fingerprint density at radius 2 is 2.00 bits per heavy atom. The zero-order valence-corrected chi connectivity index (χ0v) is 5.81. The molecule has 9 heavy (non-hydrogen) atoms. The quantitative estimate of drug-likeness (QED) is 0.332. The minimum Gasteiger partial charge on any atom is -0.222 e. The summed E-state index contributed by atoms with van der Waals surface area (Å²) in [6.07, 6.45) is 0.750. The molecule has 50 valence electrons. The van der Waals surface area contributed by atoms with Crippen molar-refractivity contribution in [2.45, 2.75) is 6.92 Å². The third-order valence-corrected chi connectivity index (χ3v) is 0.980. The van der Waals surface area contributed by atoms with Gasteiger partial charge in [-0.1, -0.05) is 0 Å². The Morgan fingerprint density at radius 3 is 2.00 bits per heavy atom. The molecule has 0 amide bonds. The van der Waals surface area contributed by atoms with Crippen LogP contribution in [-0.2, 0) is 9.36 Å². The van der Waals surface area contributed by atoms with Gasteiger partial charge in [0.05, 0.1) is 0 Å². The van der Waals surface area contributed by atoms with Gasteiger partial charge in [0, 0.05) is 6.92 Å². The lowest BCUT2D eigenvalue weighted by atomic mass is 10.8. The van der Waals surface area contributed by atoms with Crippen LogP contribution >= 0.6 is 8.03 Å². The highest BCUT2D eigenvalue weighted by atomic mass is 31.1. The highest BCUT2D eigenvalue weighted by molar-refractivity contribution is 7.43. The van der Waals surface area contributed by atoms with Crippen molar-refractivity contribution < 1.29 is 14.3 Å². The summed E-state index contributed by atoms with van der Waals surface area (Å²) >= 11 is 0. The fraction of sp³-hybridized carbons (Fsp3) is 0.250. The van der Waals surface area contributed by atoms with Crippen molar-refractivity contribution in [3.8, 4) is 0 Å². The number of rotatable bonds is 1. The minimum atomic E-state index is -2.10. The molecule has 0 rings (SSSR count). The smallest absolute Gasteiger partial charge is 0.222 e. The summed E-state index contributed by atoms with van der Waals surface area (Å²) in [6, 6.07) is 0. The van der Waals surface area contributed by atoms with Gasteiger partial charge < -0.3 is 0 Å². The standard InChI is InChI=1S/C3H5O2P.CHNO/c1-3(2)6(4)5;2-1-3/h1H2,2H3;2H/p+1. The Balaban J connectivity index is 0. The molecule has 0 saturated carbocycles. The topological polar surface area (TPSA) is 78.2 Å². The van der Waals surface area contributed by atoms with E-state index in [9.17, 15) is 4.57 Å². The van der Waals surface area contributed by atoms with Crippen LogP contribution in [0.3, 0.4) is 0 Å². The van der Waals surface area contributed by atoms with Gasteiger partial charge in [-0.3, -0.25) is 0 Å². The minimum absolute atomic E-state index is 0.324. The Kier molecular flexibility index (Phi) is 8.81. The molecule has 0 aliphatic heterocycles. The lowest BCUT2D eigenvalue weighted by Gasteiger charge is -1.61. The molecule has 1 atom stereocenters. The molecule has 1 unspecified atom stereocenters. The van der Waals surface area contributed by atoms with Gasteiger partial charge in [-0.25, -0.2) is 10.2 Å². The van der Waals surface area contributed by atoms with Gasteiger partial charge in [-0.2, -0.15) is 4.89 Å². The van der Waals surface area contributed by atoms with Crippen LogP contribution < -0.4 is 0 Å². The van der Waals surface area contributed by atoms with E-state index >= 15 is 0 Å². The van der Waals surface area contributed by atoms with Crippen LogP contribution in [0, 0.1) is 5.41 Å². The molecule has 0 heterocycles. The number of carbonyl (C=O) groups excluding carboxylic acids is 1. The normalized spacial score (nSPS) is 8.00. The number of isocyanates is 1.